The molecule has 228 valence electrons. The average molecular weight is 587 g/mol. The number of imidazole rings is 1. The molecule has 2 heterocycles. The molecular formula is C33H42N6O4. The highest BCUT2D eigenvalue weighted by atomic mass is 16.6. The van der Waals surface area contributed by atoms with Crippen molar-refractivity contribution in [3.05, 3.63) is 82.4 Å². The lowest BCUT2D eigenvalue weighted by Gasteiger charge is -2.53. The third kappa shape index (κ3) is 6.44. The van der Waals surface area contributed by atoms with Crippen LogP contribution >= 0.6 is 0 Å². The monoisotopic (exact) mass is 586 g/mol. The quantitative estimate of drug-likeness (QED) is 0.401. The molecule has 1 aliphatic carbocycles. The first-order valence-electron chi connectivity index (χ1n) is 14.9. The van der Waals surface area contributed by atoms with E-state index in [1.807, 2.05) is 64.1 Å². The van der Waals surface area contributed by atoms with Gasteiger partial charge in [0.05, 0.1) is 16.9 Å². The van der Waals surface area contributed by atoms with Crippen molar-refractivity contribution in [3.8, 4) is 0 Å². The van der Waals surface area contributed by atoms with Crippen LogP contribution in [0.5, 0.6) is 0 Å². The van der Waals surface area contributed by atoms with Gasteiger partial charge in [-0.05, 0) is 82.3 Å². The number of rotatable bonds is 7. The van der Waals surface area contributed by atoms with Crippen LogP contribution in [0.3, 0.4) is 0 Å². The lowest BCUT2D eigenvalue weighted by atomic mass is 9.71. The molecule has 0 saturated heterocycles. The van der Waals surface area contributed by atoms with Gasteiger partial charge in [-0.15, -0.1) is 0 Å². The number of aryl methyl sites for hydroxylation is 1. The fourth-order valence-electron chi connectivity index (χ4n) is 6.05. The molecule has 2 aliphatic rings. The second kappa shape index (κ2) is 11.8. The standard InChI is InChI=1S/C33H42N6O4/c1-22-27-33(16-7-17-33)38(21-24-8-12-25(13-9-24)30(41)37(5)6)18-19-39(27)28(35-22)29(40)34-20-23-10-14-26(15-11-23)36-31(42)43-32(2,3)4/h8-15H,7,16-21H2,1-6H3,(H,34,40)(H,36,42). The first kappa shape index (κ1) is 30.3. The van der Waals surface area contributed by atoms with Crippen molar-refractivity contribution in [2.45, 2.75) is 77.7 Å². The topological polar surface area (TPSA) is 109 Å². The van der Waals surface area contributed by atoms with Gasteiger partial charge in [0.25, 0.3) is 11.8 Å². The molecule has 1 spiro atoms. The summed E-state index contributed by atoms with van der Waals surface area (Å²) in [7, 11) is 3.52. The lowest BCUT2D eigenvalue weighted by Crippen LogP contribution is -2.56. The molecule has 10 nitrogen and oxygen atoms in total. The number of anilines is 1. The largest absolute Gasteiger partial charge is 0.444 e. The zero-order chi connectivity index (χ0) is 30.9. The number of nitrogens with one attached hydrogen (secondary N) is 2. The van der Waals surface area contributed by atoms with Crippen LogP contribution in [0.15, 0.2) is 48.5 Å². The maximum atomic E-state index is 13.4. The van der Waals surface area contributed by atoms with Gasteiger partial charge in [0.1, 0.15) is 5.60 Å². The van der Waals surface area contributed by atoms with Crippen molar-refractivity contribution in [2.24, 2.45) is 0 Å². The van der Waals surface area contributed by atoms with Crippen LogP contribution in [0.1, 0.15) is 83.5 Å². The Bertz CT molecular complexity index is 1500. The molecule has 2 aromatic carbocycles. The van der Waals surface area contributed by atoms with E-state index in [0.717, 1.165) is 54.9 Å². The summed E-state index contributed by atoms with van der Waals surface area (Å²) in [6.45, 7) is 10.1. The Hall–Kier alpha value is -4.18. The number of ether oxygens (including phenoxy) is 1. The van der Waals surface area contributed by atoms with Crippen molar-refractivity contribution < 1.29 is 19.1 Å². The third-order valence-corrected chi connectivity index (χ3v) is 8.20. The molecule has 1 aromatic heterocycles. The first-order valence-corrected chi connectivity index (χ1v) is 14.9. The summed E-state index contributed by atoms with van der Waals surface area (Å²) in [6, 6.07) is 15.2. The van der Waals surface area contributed by atoms with Crippen molar-refractivity contribution >= 4 is 23.6 Å². The summed E-state index contributed by atoms with van der Waals surface area (Å²) in [6.07, 6.45) is 2.69. The molecule has 0 unspecified atom stereocenters. The number of benzene rings is 2. The van der Waals surface area contributed by atoms with Crippen molar-refractivity contribution in [2.75, 3.05) is 26.0 Å². The van der Waals surface area contributed by atoms with Gasteiger partial charge in [0.2, 0.25) is 0 Å². The van der Waals surface area contributed by atoms with Gasteiger partial charge in [-0.25, -0.2) is 9.78 Å². The highest BCUT2D eigenvalue weighted by Crippen LogP contribution is 2.50. The van der Waals surface area contributed by atoms with Crippen molar-refractivity contribution in [3.63, 3.8) is 0 Å². The Morgan fingerprint density at radius 3 is 2.21 bits per heavy atom. The predicted molar refractivity (Wildman–Crippen MR) is 165 cm³/mol. The molecule has 0 bridgehead atoms. The van der Waals surface area contributed by atoms with Crippen molar-refractivity contribution in [1.29, 1.82) is 0 Å². The summed E-state index contributed by atoms with van der Waals surface area (Å²) in [4.78, 5) is 46.6. The van der Waals surface area contributed by atoms with Gasteiger partial charge >= 0.3 is 6.09 Å². The molecule has 0 atom stereocenters. The number of nitrogens with zero attached hydrogens (tertiary/aromatic N) is 4. The molecule has 2 N–H and O–H groups in total. The van der Waals surface area contributed by atoms with Gasteiger partial charge in [0.15, 0.2) is 5.82 Å². The van der Waals surface area contributed by atoms with E-state index in [1.54, 1.807) is 31.1 Å². The van der Waals surface area contributed by atoms with E-state index in [0.29, 0.717) is 30.2 Å². The van der Waals surface area contributed by atoms with Gasteiger partial charge in [-0.1, -0.05) is 24.3 Å². The van der Waals surface area contributed by atoms with E-state index in [2.05, 4.69) is 20.1 Å². The van der Waals surface area contributed by atoms with E-state index in [4.69, 9.17) is 9.72 Å². The van der Waals surface area contributed by atoms with E-state index in [-0.39, 0.29) is 17.4 Å². The summed E-state index contributed by atoms with van der Waals surface area (Å²) < 4.78 is 7.42. The van der Waals surface area contributed by atoms with E-state index < -0.39 is 11.7 Å². The van der Waals surface area contributed by atoms with Crippen LogP contribution in [0, 0.1) is 6.92 Å². The van der Waals surface area contributed by atoms with Crippen molar-refractivity contribution in [1.82, 2.24) is 24.7 Å². The number of aromatic nitrogens is 2. The number of fused-ring (bicyclic) bond motifs is 2. The van der Waals surface area contributed by atoms with Gasteiger partial charge < -0.3 is 19.5 Å². The molecule has 3 aromatic rings. The number of carbonyl (C=O) groups is 3. The molecule has 1 saturated carbocycles. The molecular weight excluding hydrogens is 544 g/mol. The predicted octanol–water partition coefficient (Wildman–Crippen LogP) is 5.07. The van der Waals surface area contributed by atoms with E-state index >= 15 is 0 Å². The maximum Gasteiger partial charge on any atom is 0.412 e. The number of carbonyl (C=O) groups excluding carboxylic acids is 3. The summed E-state index contributed by atoms with van der Waals surface area (Å²) in [5.74, 6) is 0.250. The Balaban J connectivity index is 1.25. The molecule has 1 fully saturated rings. The first-order chi connectivity index (χ1) is 20.4. The van der Waals surface area contributed by atoms with Crippen LogP contribution in [-0.2, 0) is 29.9 Å². The summed E-state index contributed by atoms with van der Waals surface area (Å²) in [5, 5.41) is 5.75. The fourth-order valence-corrected chi connectivity index (χ4v) is 6.05. The minimum Gasteiger partial charge on any atom is -0.444 e. The van der Waals surface area contributed by atoms with Crippen LogP contribution in [0.2, 0.25) is 0 Å². The number of amides is 3. The van der Waals surface area contributed by atoms with Crippen LogP contribution in [0.25, 0.3) is 0 Å². The van der Waals surface area contributed by atoms with Gasteiger partial charge in [0, 0.05) is 51.5 Å². The minimum absolute atomic E-state index is 0.00228. The smallest absolute Gasteiger partial charge is 0.412 e. The highest BCUT2D eigenvalue weighted by molar-refractivity contribution is 5.94. The third-order valence-electron chi connectivity index (χ3n) is 8.20. The summed E-state index contributed by atoms with van der Waals surface area (Å²) in [5.41, 5.74) is 4.71. The average Bonchev–Trinajstić information content (AvgIpc) is 3.27. The maximum absolute atomic E-state index is 13.4. The normalized spacial score (nSPS) is 15.8. The zero-order valence-corrected chi connectivity index (χ0v) is 26.0. The second-order valence-electron chi connectivity index (χ2n) is 12.7. The second-order valence-corrected chi connectivity index (χ2v) is 12.7. The van der Waals surface area contributed by atoms with E-state index in [9.17, 15) is 14.4 Å². The highest BCUT2D eigenvalue weighted by Gasteiger charge is 2.50. The lowest BCUT2D eigenvalue weighted by molar-refractivity contribution is -0.0222. The van der Waals surface area contributed by atoms with Crippen LogP contribution in [-0.4, -0.2) is 63.5 Å². The van der Waals surface area contributed by atoms with Gasteiger partial charge in [-0.2, -0.15) is 0 Å². The molecule has 10 heteroatoms. The molecule has 0 radical (unpaired) electrons. The number of hydrogen-bond donors (Lipinski definition) is 2. The minimum atomic E-state index is -0.573. The number of hydrogen-bond acceptors (Lipinski definition) is 6. The van der Waals surface area contributed by atoms with E-state index in [1.165, 1.54) is 0 Å². The molecule has 1 aliphatic heterocycles. The molecule has 3 amide bonds. The van der Waals surface area contributed by atoms with Gasteiger partial charge in [-0.3, -0.25) is 19.8 Å². The summed E-state index contributed by atoms with van der Waals surface area (Å²) >= 11 is 0. The Morgan fingerprint density at radius 2 is 1.63 bits per heavy atom. The Morgan fingerprint density at radius 1 is 0.977 bits per heavy atom. The Kier molecular flexibility index (Phi) is 8.34. The molecule has 5 rings (SSSR count). The Labute approximate surface area is 253 Å². The zero-order valence-electron chi connectivity index (χ0n) is 26.0. The molecule has 43 heavy (non-hydrogen) atoms. The SMILES string of the molecule is Cc1nc(C(=O)NCc2ccc(NC(=O)OC(C)(C)C)cc2)n2c1C1(CCC1)N(Cc1ccc(C(=O)N(C)C)cc1)CC2. The van der Waals surface area contributed by atoms with Crippen LogP contribution in [0.4, 0.5) is 10.5 Å². The van der Waals surface area contributed by atoms with Crippen LogP contribution < -0.4 is 10.6 Å². The fraction of sp³-hybridized carbons (Fsp3) is 0.455.